The van der Waals surface area contributed by atoms with Gasteiger partial charge in [0.1, 0.15) is 0 Å². The SMILES string of the molecule is CCCN(C)C(=O)N1CCC[C@@H](C(=O)O)C1. The molecule has 1 aliphatic heterocycles. The summed E-state index contributed by atoms with van der Waals surface area (Å²) >= 11 is 0. The quantitative estimate of drug-likeness (QED) is 0.790. The molecule has 92 valence electrons. The molecule has 0 radical (unpaired) electrons. The highest BCUT2D eigenvalue weighted by molar-refractivity contribution is 5.76. The van der Waals surface area contributed by atoms with E-state index in [0.717, 1.165) is 12.8 Å². The van der Waals surface area contributed by atoms with E-state index in [1.165, 1.54) is 0 Å². The van der Waals surface area contributed by atoms with E-state index in [1.54, 1.807) is 16.8 Å². The van der Waals surface area contributed by atoms with E-state index in [0.29, 0.717) is 26.1 Å². The Morgan fingerprint density at radius 1 is 1.50 bits per heavy atom. The van der Waals surface area contributed by atoms with Gasteiger partial charge in [-0.25, -0.2) is 4.79 Å². The van der Waals surface area contributed by atoms with Gasteiger partial charge in [0.2, 0.25) is 0 Å². The van der Waals surface area contributed by atoms with Crippen LogP contribution in [0.4, 0.5) is 4.79 Å². The first-order valence-electron chi connectivity index (χ1n) is 5.79. The molecule has 0 aromatic rings. The molecule has 16 heavy (non-hydrogen) atoms. The van der Waals surface area contributed by atoms with E-state index >= 15 is 0 Å². The zero-order valence-electron chi connectivity index (χ0n) is 9.98. The highest BCUT2D eigenvalue weighted by Crippen LogP contribution is 2.17. The monoisotopic (exact) mass is 228 g/mol. The Hall–Kier alpha value is -1.26. The van der Waals surface area contributed by atoms with E-state index in [-0.39, 0.29) is 6.03 Å². The summed E-state index contributed by atoms with van der Waals surface area (Å²) in [4.78, 5) is 26.1. The zero-order valence-corrected chi connectivity index (χ0v) is 9.98. The molecule has 0 aliphatic carbocycles. The summed E-state index contributed by atoms with van der Waals surface area (Å²) in [6, 6.07) is -0.0483. The molecule has 1 atom stereocenters. The number of carboxylic acids is 1. The summed E-state index contributed by atoms with van der Waals surface area (Å²) in [5.41, 5.74) is 0. The molecular weight excluding hydrogens is 208 g/mol. The third-order valence-electron chi connectivity index (χ3n) is 2.93. The molecule has 0 unspecified atom stereocenters. The summed E-state index contributed by atoms with van der Waals surface area (Å²) in [7, 11) is 1.76. The van der Waals surface area contributed by atoms with Crippen molar-refractivity contribution in [2.75, 3.05) is 26.7 Å². The third-order valence-corrected chi connectivity index (χ3v) is 2.93. The fourth-order valence-corrected chi connectivity index (χ4v) is 2.02. The van der Waals surface area contributed by atoms with Crippen molar-refractivity contribution in [1.82, 2.24) is 9.80 Å². The Morgan fingerprint density at radius 2 is 2.19 bits per heavy atom. The number of hydrogen-bond acceptors (Lipinski definition) is 2. The first-order chi connectivity index (χ1) is 7.56. The molecule has 0 aromatic carbocycles. The molecule has 1 fully saturated rings. The molecule has 0 aromatic heterocycles. The maximum Gasteiger partial charge on any atom is 0.319 e. The van der Waals surface area contributed by atoms with E-state index in [1.807, 2.05) is 6.92 Å². The van der Waals surface area contributed by atoms with Crippen LogP contribution in [-0.2, 0) is 4.79 Å². The Kier molecular flexibility index (Phi) is 4.58. The van der Waals surface area contributed by atoms with Crippen LogP contribution in [0.5, 0.6) is 0 Å². The summed E-state index contributed by atoms with van der Waals surface area (Å²) in [5, 5.41) is 8.93. The lowest BCUT2D eigenvalue weighted by molar-refractivity contribution is -0.143. The van der Waals surface area contributed by atoms with E-state index in [9.17, 15) is 9.59 Å². The van der Waals surface area contributed by atoms with Crippen molar-refractivity contribution in [2.45, 2.75) is 26.2 Å². The number of urea groups is 1. The zero-order chi connectivity index (χ0) is 12.1. The lowest BCUT2D eigenvalue weighted by Gasteiger charge is -2.33. The van der Waals surface area contributed by atoms with Gasteiger partial charge in [-0.15, -0.1) is 0 Å². The standard InChI is InChI=1S/C11H20N2O3/c1-3-6-12(2)11(16)13-7-4-5-9(8-13)10(14)15/h9H,3-8H2,1-2H3,(H,14,15)/t9-/m1/s1. The van der Waals surface area contributed by atoms with Crippen molar-refractivity contribution in [1.29, 1.82) is 0 Å². The Balaban J connectivity index is 2.53. The van der Waals surface area contributed by atoms with Gasteiger partial charge >= 0.3 is 12.0 Å². The first kappa shape index (κ1) is 12.8. The van der Waals surface area contributed by atoms with Gasteiger partial charge in [0.25, 0.3) is 0 Å². The predicted octanol–water partition coefficient (Wildman–Crippen LogP) is 1.24. The van der Waals surface area contributed by atoms with Crippen LogP contribution in [0.2, 0.25) is 0 Å². The second kappa shape index (κ2) is 5.72. The van der Waals surface area contributed by atoms with Gasteiger partial charge < -0.3 is 14.9 Å². The number of amides is 2. The Bertz CT molecular complexity index is 268. The smallest absolute Gasteiger partial charge is 0.319 e. The van der Waals surface area contributed by atoms with Crippen LogP contribution in [0.3, 0.4) is 0 Å². The first-order valence-corrected chi connectivity index (χ1v) is 5.79. The molecule has 0 bridgehead atoms. The minimum absolute atomic E-state index is 0.0483. The minimum Gasteiger partial charge on any atom is -0.481 e. The molecule has 1 aliphatic rings. The minimum atomic E-state index is -0.796. The van der Waals surface area contributed by atoms with Gasteiger partial charge in [-0.05, 0) is 19.3 Å². The van der Waals surface area contributed by atoms with Crippen molar-refractivity contribution in [2.24, 2.45) is 5.92 Å². The van der Waals surface area contributed by atoms with Crippen molar-refractivity contribution >= 4 is 12.0 Å². The predicted molar refractivity (Wildman–Crippen MR) is 60.2 cm³/mol. The number of nitrogens with zero attached hydrogens (tertiary/aromatic N) is 2. The maximum absolute atomic E-state index is 11.9. The number of piperidine rings is 1. The van der Waals surface area contributed by atoms with E-state index < -0.39 is 11.9 Å². The number of aliphatic carboxylic acids is 1. The Labute approximate surface area is 96.0 Å². The maximum atomic E-state index is 11.9. The number of hydrogen-bond donors (Lipinski definition) is 1. The second-order valence-corrected chi connectivity index (χ2v) is 4.33. The molecule has 0 spiro atoms. The number of rotatable bonds is 3. The molecule has 0 saturated carbocycles. The summed E-state index contributed by atoms with van der Waals surface area (Å²) in [6.45, 7) is 3.76. The molecular formula is C11H20N2O3. The topological polar surface area (TPSA) is 60.9 Å². The largest absolute Gasteiger partial charge is 0.481 e. The Morgan fingerprint density at radius 3 is 2.75 bits per heavy atom. The van der Waals surface area contributed by atoms with Crippen LogP contribution in [-0.4, -0.2) is 53.6 Å². The normalized spacial score (nSPS) is 20.6. The summed E-state index contributed by atoms with van der Waals surface area (Å²) in [6.07, 6.45) is 2.37. The van der Waals surface area contributed by atoms with Crippen molar-refractivity contribution in [3.63, 3.8) is 0 Å². The number of carboxylic acid groups (broad SMARTS) is 1. The molecule has 2 amide bonds. The van der Waals surface area contributed by atoms with E-state index in [4.69, 9.17) is 5.11 Å². The van der Waals surface area contributed by atoms with Gasteiger partial charge in [-0.2, -0.15) is 0 Å². The average molecular weight is 228 g/mol. The summed E-state index contributed by atoms with van der Waals surface area (Å²) in [5.74, 6) is -1.19. The molecule has 5 heteroatoms. The highest BCUT2D eigenvalue weighted by atomic mass is 16.4. The van der Waals surface area contributed by atoms with Gasteiger partial charge in [-0.1, -0.05) is 6.92 Å². The second-order valence-electron chi connectivity index (χ2n) is 4.33. The third kappa shape index (κ3) is 3.12. The number of likely N-dealkylation sites (tertiary alicyclic amines) is 1. The van der Waals surface area contributed by atoms with Crippen LogP contribution in [0.1, 0.15) is 26.2 Å². The van der Waals surface area contributed by atoms with Crippen LogP contribution < -0.4 is 0 Å². The summed E-state index contributed by atoms with van der Waals surface area (Å²) < 4.78 is 0. The van der Waals surface area contributed by atoms with Gasteiger partial charge in [-0.3, -0.25) is 4.79 Å². The fraction of sp³-hybridized carbons (Fsp3) is 0.818. The molecule has 1 saturated heterocycles. The lowest BCUT2D eigenvalue weighted by atomic mass is 9.99. The van der Waals surface area contributed by atoms with Gasteiger partial charge in [0.15, 0.2) is 0 Å². The highest BCUT2D eigenvalue weighted by Gasteiger charge is 2.29. The van der Waals surface area contributed by atoms with Crippen LogP contribution in [0, 0.1) is 5.92 Å². The number of carbonyl (C=O) groups is 2. The fourth-order valence-electron chi connectivity index (χ4n) is 2.02. The molecule has 1 N–H and O–H groups in total. The van der Waals surface area contributed by atoms with Crippen molar-refractivity contribution in [3.05, 3.63) is 0 Å². The molecule has 1 heterocycles. The van der Waals surface area contributed by atoms with E-state index in [2.05, 4.69) is 0 Å². The number of carbonyl (C=O) groups excluding carboxylic acids is 1. The van der Waals surface area contributed by atoms with Gasteiger partial charge in [0, 0.05) is 26.7 Å². The lowest BCUT2D eigenvalue weighted by Crippen LogP contribution is -2.47. The van der Waals surface area contributed by atoms with Crippen LogP contribution >= 0.6 is 0 Å². The molecule has 1 rings (SSSR count). The van der Waals surface area contributed by atoms with Crippen LogP contribution in [0.15, 0.2) is 0 Å². The average Bonchev–Trinajstić information content (AvgIpc) is 2.28. The van der Waals surface area contributed by atoms with Crippen molar-refractivity contribution < 1.29 is 14.7 Å². The van der Waals surface area contributed by atoms with Crippen LogP contribution in [0.25, 0.3) is 0 Å². The van der Waals surface area contributed by atoms with Gasteiger partial charge in [0.05, 0.1) is 5.92 Å². The van der Waals surface area contributed by atoms with Crippen molar-refractivity contribution in [3.8, 4) is 0 Å². The molecule has 5 nitrogen and oxygen atoms in total.